The number of nitrogens with zero attached hydrogens (tertiary/aromatic N) is 1. The van der Waals surface area contributed by atoms with Crippen LogP contribution in [-0.4, -0.2) is 30.4 Å². The van der Waals surface area contributed by atoms with Crippen LogP contribution in [0.1, 0.15) is 25.3 Å². The summed E-state index contributed by atoms with van der Waals surface area (Å²) in [4.78, 5) is 14.2. The third-order valence-electron chi connectivity index (χ3n) is 3.76. The number of benzene rings is 1. The van der Waals surface area contributed by atoms with Crippen LogP contribution in [-0.2, 0) is 11.3 Å². The number of nitrogens with one attached hydrogen (secondary N) is 1. The first-order valence-electron chi connectivity index (χ1n) is 7.02. The Morgan fingerprint density at radius 3 is 3.05 bits per heavy atom. The fraction of sp³-hybridized carbons (Fsp3) is 0.533. The van der Waals surface area contributed by atoms with E-state index < -0.39 is 0 Å². The Labute approximate surface area is 115 Å². The number of amides is 1. The smallest absolute Gasteiger partial charge is 0.238 e. The zero-order valence-corrected chi connectivity index (χ0v) is 11.6. The van der Waals surface area contributed by atoms with E-state index >= 15 is 0 Å². The van der Waals surface area contributed by atoms with Gasteiger partial charge in [0.1, 0.15) is 0 Å². The molecule has 104 valence electrons. The number of anilines is 1. The summed E-state index contributed by atoms with van der Waals surface area (Å²) >= 11 is 0. The fourth-order valence-corrected chi connectivity index (χ4v) is 2.57. The van der Waals surface area contributed by atoms with Gasteiger partial charge < -0.3 is 11.1 Å². The number of likely N-dealkylation sites (tertiary alicyclic amines) is 1. The first-order chi connectivity index (χ1) is 9.21. The lowest BCUT2D eigenvalue weighted by atomic mass is 10.1. The molecule has 4 heteroatoms. The Morgan fingerprint density at radius 1 is 1.53 bits per heavy atom. The van der Waals surface area contributed by atoms with Gasteiger partial charge in [-0.2, -0.15) is 0 Å². The molecule has 0 bridgehead atoms. The van der Waals surface area contributed by atoms with Crippen LogP contribution in [0, 0.1) is 5.92 Å². The van der Waals surface area contributed by atoms with E-state index in [0.717, 1.165) is 30.3 Å². The molecule has 4 nitrogen and oxygen atoms in total. The summed E-state index contributed by atoms with van der Waals surface area (Å²) in [7, 11) is 0. The highest BCUT2D eigenvalue weighted by Crippen LogP contribution is 2.18. The quantitative estimate of drug-likeness (QED) is 0.850. The maximum atomic E-state index is 12.0. The molecule has 2 rings (SSSR count). The van der Waals surface area contributed by atoms with Crippen LogP contribution in [0.15, 0.2) is 24.3 Å². The fourth-order valence-electron chi connectivity index (χ4n) is 2.57. The van der Waals surface area contributed by atoms with Gasteiger partial charge in [0.15, 0.2) is 0 Å². The summed E-state index contributed by atoms with van der Waals surface area (Å²) in [5, 5.41) is 2.94. The van der Waals surface area contributed by atoms with Gasteiger partial charge in [0, 0.05) is 18.8 Å². The van der Waals surface area contributed by atoms with Crippen LogP contribution in [0.25, 0.3) is 0 Å². The van der Waals surface area contributed by atoms with E-state index in [0.29, 0.717) is 13.1 Å². The van der Waals surface area contributed by atoms with Gasteiger partial charge in [-0.1, -0.05) is 25.5 Å². The Kier molecular flexibility index (Phi) is 4.93. The van der Waals surface area contributed by atoms with Crippen LogP contribution in [0.4, 0.5) is 5.69 Å². The minimum atomic E-state index is 0.0610. The van der Waals surface area contributed by atoms with Crippen molar-refractivity contribution in [1.29, 1.82) is 0 Å². The number of carbonyl (C=O) groups is 1. The third-order valence-corrected chi connectivity index (χ3v) is 3.76. The van der Waals surface area contributed by atoms with Crippen molar-refractivity contribution in [2.45, 2.75) is 26.3 Å². The Morgan fingerprint density at radius 2 is 2.37 bits per heavy atom. The van der Waals surface area contributed by atoms with Crippen LogP contribution in [0.5, 0.6) is 0 Å². The normalized spacial score (nSPS) is 19.6. The molecule has 1 aliphatic rings. The zero-order chi connectivity index (χ0) is 13.7. The van der Waals surface area contributed by atoms with E-state index in [4.69, 9.17) is 5.73 Å². The van der Waals surface area contributed by atoms with Crippen molar-refractivity contribution >= 4 is 11.6 Å². The Hall–Kier alpha value is -1.39. The summed E-state index contributed by atoms with van der Waals surface area (Å²) in [6.07, 6.45) is 2.42. The molecule has 0 aliphatic carbocycles. The number of hydrogen-bond acceptors (Lipinski definition) is 3. The van der Waals surface area contributed by atoms with E-state index in [1.807, 2.05) is 24.3 Å². The SMILES string of the molecule is CCC1CCN(CC(=O)Nc2cccc(CN)c2)C1. The molecule has 1 heterocycles. The second-order valence-corrected chi connectivity index (χ2v) is 5.25. The molecular weight excluding hydrogens is 238 g/mol. The topological polar surface area (TPSA) is 58.4 Å². The number of nitrogens with two attached hydrogens (primary N) is 1. The van der Waals surface area contributed by atoms with Gasteiger partial charge in [0.05, 0.1) is 6.54 Å². The van der Waals surface area contributed by atoms with Crippen LogP contribution < -0.4 is 11.1 Å². The summed E-state index contributed by atoms with van der Waals surface area (Å²) in [6, 6.07) is 7.70. The summed E-state index contributed by atoms with van der Waals surface area (Å²) < 4.78 is 0. The molecule has 3 N–H and O–H groups in total. The molecular formula is C15H23N3O. The predicted molar refractivity (Wildman–Crippen MR) is 77.8 cm³/mol. The molecule has 19 heavy (non-hydrogen) atoms. The van der Waals surface area contributed by atoms with Crippen LogP contribution in [0.2, 0.25) is 0 Å². The number of carbonyl (C=O) groups excluding carboxylic acids is 1. The largest absolute Gasteiger partial charge is 0.326 e. The van der Waals surface area contributed by atoms with Crippen LogP contribution in [0.3, 0.4) is 0 Å². The Balaban J connectivity index is 1.84. The van der Waals surface area contributed by atoms with Gasteiger partial charge in [-0.3, -0.25) is 9.69 Å². The summed E-state index contributed by atoms with van der Waals surface area (Å²) in [5.41, 5.74) is 7.46. The lowest BCUT2D eigenvalue weighted by molar-refractivity contribution is -0.117. The molecule has 1 unspecified atom stereocenters. The highest BCUT2D eigenvalue weighted by atomic mass is 16.2. The van der Waals surface area contributed by atoms with Gasteiger partial charge in [-0.15, -0.1) is 0 Å². The molecule has 1 aromatic carbocycles. The second kappa shape index (κ2) is 6.68. The maximum Gasteiger partial charge on any atom is 0.238 e. The Bertz CT molecular complexity index is 433. The van der Waals surface area contributed by atoms with Gasteiger partial charge in [-0.25, -0.2) is 0 Å². The second-order valence-electron chi connectivity index (χ2n) is 5.25. The summed E-state index contributed by atoms with van der Waals surface area (Å²) in [5.74, 6) is 0.819. The molecule has 0 aromatic heterocycles. The molecule has 0 spiro atoms. The minimum absolute atomic E-state index is 0.0610. The summed E-state index contributed by atoms with van der Waals surface area (Å²) in [6.45, 7) is 5.28. The third kappa shape index (κ3) is 4.04. The lowest BCUT2D eigenvalue weighted by Gasteiger charge is -2.15. The molecule has 1 aliphatic heterocycles. The van der Waals surface area contributed by atoms with Crippen molar-refractivity contribution in [3.8, 4) is 0 Å². The van der Waals surface area contributed by atoms with Crippen molar-refractivity contribution in [3.63, 3.8) is 0 Å². The van der Waals surface area contributed by atoms with E-state index in [1.165, 1.54) is 12.8 Å². The number of rotatable bonds is 5. The van der Waals surface area contributed by atoms with Crippen molar-refractivity contribution in [1.82, 2.24) is 4.90 Å². The molecule has 0 saturated carbocycles. The highest BCUT2D eigenvalue weighted by molar-refractivity contribution is 5.92. The molecule has 1 aromatic rings. The molecule has 1 fully saturated rings. The average Bonchev–Trinajstić information content (AvgIpc) is 2.86. The molecule has 1 atom stereocenters. The zero-order valence-electron chi connectivity index (χ0n) is 11.6. The van der Waals surface area contributed by atoms with E-state index in [1.54, 1.807) is 0 Å². The van der Waals surface area contributed by atoms with E-state index in [-0.39, 0.29) is 5.91 Å². The van der Waals surface area contributed by atoms with Crippen LogP contribution >= 0.6 is 0 Å². The lowest BCUT2D eigenvalue weighted by Crippen LogP contribution is -2.31. The maximum absolute atomic E-state index is 12.0. The standard InChI is InChI=1S/C15H23N3O/c1-2-12-6-7-18(10-12)11-15(19)17-14-5-3-4-13(8-14)9-16/h3-5,8,12H,2,6-7,9-11,16H2,1H3,(H,17,19). The van der Waals surface area contributed by atoms with Gasteiger partial charge in [0.2, 0.25) is 5.91 Å². The van der Waals surface area contributed by atoms with E-state index in [9.17, 15) is 4.79 Å². The van der Waals surface area contributed by atoms with Gasteiger partial charge in [-0.05, 0) is 36.6 Å². The monoisotopic (exact) mass is 261 g/mol. The van der Waals surface area contributed by atoms with Gasteiger partial charge in [0.25, 0.3) is 0 Å². The van der Waals surface area contributed by atoms with Crippen molar-refractivity contribution in [3.05, 3.63) is 29.8 Å². The van der Waals surface area contributed by atoms with Crippen molar-refractivity contribution in [2.24, 2.45) is 11.7 Å². The highest BCUT2D eigenvalue weighted by Gasteiger charge is 2.22. The van der Waals surface area contributed by atoms with Crippen molar-refractivity contribution in [2.75, 3.05) is 25.0 Å². The first-order valence-corrected chi connectivity index (χ1v) is 7.02. The molecule has 0 radical (unpaired) electrons. The molecule has 1 saturated heterocycles. The average molecular weight is 261 g/mol. The van der Waals surface area contributed by atoms with E-state index in [2.05, 4.69) is 17.1 Å². The predicted octanol–water partition coefficient (Wildman–Crippen LogP) is 1.82. The molecule has 1 amide bonds. The minimum Gasteiger partial charge on any atom is -0.326 e. The first kappa shape index (κ1) is 14.0. The number of hydrogen-bond donors (Lipinski definition) is 2. The van der Waals surface area contributed by atoms with Gasteiger partial charge >= 0.3 is 0 Å². The van der Waals surface area contributed by atoms with Crippen molar-refractivity contribution < 1.29 is 4.79 Å².